The van der Waals surface area contributed by atoms with Crippen LogP contribution in [-0.4, -0.2) is 18.7 Å². The van der Waals surface area contributed by atoms with Crippen LogP contribution in [0, 0.1) is 13.8 Å². The first-order valence-corrected chi connectivity index (χ1v) is 7.18. The Labute approximate surface area is 126 Å². The number of rotatable bonds is 4. The highest BCUT2D eigenvalue weighted by Crippen LogP contribution is 2.17. The molecule has 0 spiro atoms. The first-order chi connectivity index (χ1) is 10.1. The number of nitrogens with one attached hydrogen (secondary N) is 1. The monoisotopic (exact) mass is 301 g/mol. The van der Waals surface area contributed by atoms with Gasteiger partial charge in [-0.05, 0) is 48.6 Å². The van der Waals surface area contributed by atoms with E-state index in [1.54, 1.807) is 12.1 Å². The zero-order valence-electron chi connectivity index (χ0n) is 11.7. The van der Waals surface area contributed by atoms with E-state index in [0.717, 1.165) is 20.9 Å². The van der Waals surface area contributed by atoms with Gasteiger partial charge in [-0.15, -0.1) is 11.3 Å². The third-order valence-electron chi connectivity index (χ3n) is 2.99. The maximum Gasteiger partial charge on any atom is 0.348 e. The molecule has 0 aliphatic heterocycles. The number of hydrogen-bond acceptors (Lipinski definition) is 4. The molecule has 3 amide bonds. The van der Waals surface area contributed by atoms with Crippen LogP contribution in [0.4, 0.5) is 10.5 Å². The summed E-state index contributed by atoms with van der Waals surface area (Å²) in [6, 6.07) is 8.54. The Morgan fingerprint density at radius 2 is 2.10 bits per heavy atom. The van der Waals surface area contributed by atoms with Gasteiger partial charge < -0.3 is 0 Å². The van der Waals surface area contributed by atoms with Crippen molar-refractivity contribution in [2.75, 3.05) is 4.90 Å². The normalized spacial score (nSPS) is 10.6. The van der Waals surface area contributed by atoms with Crippen molar-refractivity contribution in [3.8, 4) is 0 Å². The molecule has 1 N–H and O–H groups in total. The van der Waals surface area contributed by atoms with Crippen LogP contribution in [0.3, 0.4) is 0 Å². The fraction of sp³-hybridized carbons (Fsp3) is 0.133. The summed E-state index contributed by atoms with van der Waals surface area (Å²) in [6.07, 6.45) is 2.01. The first-order valence-electron chi connectivity index (χ1n) is 6.30. The van der Waals surface area contributed by atoms with Gasteiger partial charge in [-0.3, -0.25) is 4.79 Å². The van der Waals surface area contributed by atoms with Gasteiger partial charge in [0.1, 0.15) is 0 Å². The standard InChI is InChI=1S/C15H15N3O2S/c1-11-5-6-13(8-12(11)2)18(10-19)15(20)17-16-9-14-4-3-7-21-14/h3-10H,1-2H3,(H,17,20)/b16-9+. The smallest absolute Gasteiger partial charge is 0.278 e. The lowest BCUT2D eigenvalue weighted by Crippen LogP contribution is -2.36. The second kappa shape index (κ2) is 6.81. The van der Waals surface area contributed by atoms with Crippen molar-refractivity contribution < 1.29 is 9.59 Å². The molecule has 0 aliphatic carbocycles. The van der Waals surface area contributed by atoms with Gasteiger partial charge in [0.05, 0.1) is 11.9 Å². The summed E-state index contributed by atoms with van der Waals surface area (Å²) in [4.78, 5) is 25.0. The molecule has 0 fully saturated rings. The molecule has 1 heterocycles. The molecule has 0 bridgehead atoms. The average molecular weight is 301 g/mol. The lowest BCUT2D eigenvalue weighted by molar-refractivity contribution is -0.106. The molecule has 1 aromatic heterocycles. The molecule has 0 saturated carbocycles. The number of nitrogens with zero attached hydrogens (tertiary/aromatic N) is 2. The molecule has 0 atom stereocenters. The molecule has 1 aromatic carbocycles. The SMILES string of the molecule is Cc1ccc(N(C=O)C(=O)N/N=C/c2cccs2)cc1C. The zero-order chi connectivity index (χ0) is 15.2. The molecule has 2 aromatic rings. The third kappa shape index (κ3) is 3.76. The Morgan fingerprint density at radius 1 is 1.29 bits per heavy atom. The fourth-order valence-corrected chi connectivity index (χ4v) is 2.26. The number of thiophene rings is 1. The summed E-state index contributed by atoms with van der Waals surface area (Å²) < 4.78 is 0. The predicted molar refractivity (Wildman–Crippen MR) is 84.9 cm³/mol. The van der Waals surface area contributed by atoms with Crippen LogP contribution < -0.4 is 10.3 Å². The van der Waals surface area contributed by atoms with E-state index in [1.165, 1.54) is 17.6 Å². The van der Waals surface area contributed by atoms with Crippen LogP contribution in [0.25, 0.3) is 0 Å². The molecule has 5 nitrogen and oxygen atoms in total. The minimum Gasteiger partial charge on any atom is -0.278 e. The molecule has 108 valence electrons. The molecular weight excluding hydrogens is 286 g/mol. The van der Waals surface area contributed by atoms with Gasteiger partial charge >= 0.3 is 6.03 Å². The van der Waals surface area contributed by atoms with E-state index >= 15 is 0 Å². The van der Waals surface area contributed by atoms with E-state index in [0.29, 0.717) is 12.1 Å². The van der Waals surface area contributed by atoms with E-state index in [9.17, 15) is 9.59 Å². The van der Waals surface area contributed by atoms with Crippen LogP contribution in [0.1, 0.15) is 16.0 Å². The summed E-state index contributed by atoms with van der Waals surface area (Å²) in [6.45, 7) is 3.89. The lowest BCUT2D eigenvalue weighted by Gasteiger charge is -2.15. The number of benzene rings is 1. The quantitative estimate of drug-likeness (QED) is 0.536. The summed E-state index contributed by atoms with van der Waals surface area (Å²) in [5.74, 6) is 0. The lowest BCUT2D eigenvalue weighted by atomic mass is 10.1. The molecule has 0 unspecified atom stereocenters. The van der Waals surface area contributed by atoms with Crippen molar-refractivity contribution in [1.82, 2.24) is 5.43 Å². The highest BCUT2D eigenvalue weighted by Gasteiger charge is 2.14. The van der Waals surface area contributed by atoms with Crippen LogP contribution in [-0.2, 0) is 4.79 Å². The van der Waals surface area contributed by atoms with Crippen LogP contribution in [0.2, 0.25) is 0 Å². The van der Waals surface area contributed by atoms with Crippen LogP contribution in [0.5, 0.6) is 0 Å². The van der Waals surface area contributed by atoms with Crippen LogP contribution >= 0.6 is 11.3 Å². The molecule has 0 radical (unpaired) electrons. The van der Waals surface area contributed by atoms with E-state index in [2.05, 4.69) is 10.5 Å². The topological polar surface area (TPSA) is 61.8 Å². The number of hydrazone groups is 1. The highest BCUT2D eigenvalue weighted by atomic mass is 32.1. The zero-order valence-corrected chi connectivity index (χ0v) is 12.6. The summed E-state index contributed by atoms with van der Waals surface area (Å²) >= 11 is 1.50. The largest absolute Gasteiger partial charge is 0.348 e. The van der Waals surface area contributed by atoms with Gasteiger partial charge in [-0.2, -0.15) is 5.10 Å². The third-order valence-corrected chi connectivity index (χ3v) is 3.79. The number of imide groups is 1. The number of aryl methyl sites for hydroxylation is 2. The van der Waals surface area contributed by atoms with Gasteiger partial charge in [0.15, 0.2) is 0 Å². The Kier molecular flexibility index (Phi) is 4.84. The van der Waals surface area contributed by atoms with Gasteiger partial charge in [-0.1, -0.05) is 12.1 Å². The van der Waals surface area contributed by atoms with Gasteiger partial charge in [0.25, 0.3) is 0 Å². The number of hydrogen-bond donors (Lipinski definition) is 1. The van der Waals surface area contributed by atoms with E-state index in [1.807, 2.05) is 37.4 Å². The van der Waals surface area contributed by atoms with Gasteiger partial charge in [0.2, 0.25) is 6.41 Å². The van der Waals surface area contributed by atoms with Crippen molar-refractivity contribution in [3.63, 3.8) is 0 Å². The second-order valence-corrected chi connectivity index (χ2v) is 5.41. The van der Waals surface area contributed by atoms with Crippen molar-refractivity contribution in [2.45, 2.75) is 13.8 Å². The van der Waals surface area contributed by atoms with E-state index in [-0.39, 0.29) is 0 Å². The van der Waals surface area contributed by atoms with Gasteiger partial charge in [-0.25, -0.2) is 15.1 Å². The molecule has 2 rings (SSSR count). The average Bonchev–Trinajstić information content (AvgIpc) is 2.97. The molecule has 0 saturated heterocycles. The number of urea groups is 1. The minimum absolute atomic E-state index is 0.472. The van der Waals surface area contributed by atoms with Crippen molar-refractivity contribution >= 4 is 35.7 Å². The Bertz CT molecular complexity index is 666. The number of carbonyl (C=O) groups excluding carboxylic acids is 2. The first kappa shape index (κ1) is 14.9. The summed E-state index contributed by atoms with van der Waals surface area (Å²) in [5.41, 5.74) is 4.95. The van der Waals surface area contributed by atoms with Crippen LogP contribution in [0.15, 0.2) is 40.8 Å². The second-order valence-electron chi connectivity index (χ2n) is 4.43. The van der Waals surface area contributed by atoms with Crippen molar-refractivity contribution in [1.29, 1.82) is 0 Å². The molecule has 21 heavy (non-hydrogen) atoms. The molecular formula is C15H15N3O2S. The summed E-state index contributed by atoms with van der Waals surface area (Å²) in [7, 11) is 0. The number of anilines is 1. The molecule has 0 aliphatic rings. The molecule has 6 heteroatoms. The maximum atomic E-state index is 12.0. The van der Waals surface area contributed by atoms with Crippen molar-refractivity contribution in [2.24, 2.45) is 5.10 Å². The van der Waals surface area contributed by atoms with Gasteiger partial charge in [0, 0.05) is 4.88 Å². The Morgan fingerprint density at radius 3 is 2.71 bits per heavy atom. The number of carbonyl (C=O) groups is 2. The fourth-order valence-electron chi connectivity index (χ4n) is 1.67. The highest BCUT2D eigenvalue weighted by molar-refractivity contribution is 7.11. The van der Waals surface area contributed by atoms with Crippen molar-refractivity contribution in [3.05, 3.63) is 51.7 Å². The Hall–Kier alpha value is -2.47. The maximum absolute atomic E-state index is 12.0. The predicted octanol–water partition coefficient (Wildman–Crippen LogP) is 3.07. The van der Waals surface area contributed by atoms with E-state index < -0.39 is 6.03 Å². The number of amides is 3. The minimum atomic E-state index is -0.596. The Balaban J connectivity index is 2.07. The summed E-state index contributed by atoms with van der Waals surface area (Å²) in [5, 5.41) is 5.75. The van der Waals surface area contributed by atoms with E-state index in [4.69, 9.17) is 0 Å².